The van der Waals surface area contributed by atoms with E-state index in [4.69, 9.17) is 10.2 Å². The maximum Gasteiger partial charge on any atom is 0.294 e. The first kappa shape index (κ1) is 23.9. The molecule has 1 aliphatic rings. The maximum absolute atomic E-state index is 11.7. The van der Waals surface area contributed by atoms with Crippen LogP contribution >= 0.6 is 0 Å². The summed E-state index contributed by atoms with van der Waals surface area (Å²) in [6.07, 6.45) is 7.94. The molecule has 0 aliphatic heterocycles. The van der Waals surface area contributed by atoms with E-state index >= 15 is 0 Å². The van der Waals surface area contributed by atoms with Gasteiger partial charge in [0.1, 0.15) is 0 Å². The van der Waals surface area contributed by atoms with E-state index in [-0.39, 0.29) is 24.3 Å². The number of nitrogens with zero attached hydrogens (tertiary/aromatic N) is 1. The van der Waals surface area contributed by atoms with Crippen molar-refractivity contribution in [3.63, 3.8) is 0 Å². The smallest absolute Gasteiger partial charge is 0.294 e. The van der Waals surface area contributed by atoms with Gasteiger partial charge in [0.05, 0.1) is 6.61 Å². The molecule has 0 bridgehead atoms. The van der Waals surface area contributed by atoms with Gasteiger partial charge in [-0.05, 0) is 31.1 Å². The van der Waals surface area contributed by atoms with Gasteiger partial charge in [0.2, 0.25) is 5.91 Å². The molecule has 8 heteroatoms. The van der Waals surface area contributed by atoms with Crippen molar-refractivity contribution in [1.82, 2.24) is 5.32 Å². The minimum atomic E-state index is -0.827. The molecule has 1 saturated carbocycles. The number of aliphatic hydroxyl groups is 2. The second-order valence-corrected chi connectivity index (χ2v) is 5.35. The third-order valence-electron chi connectivity index (χ3n) is 4.07. The van der Waals surface area contributed by atoms with Gasteiger partial charge in [0.15, 0.2) is 0 Å². The largest absolute Gasteiger partial charge is 0.400 e. The van der Waals surface area contributed by atoms with Crippen molar-refractivity contribution in [3.05, 3.63) is 10.1 Å². The lowest BCUT2D eigenvalue weighted by molar-refractivity contribution is -0.757. The summed E-state index contributed by atoms with van der Waals surface area (Å²) in [7, 11) is 2.00. The highest BCUT2D eigenvalue weighted by atomic mass is 16.9. The summed E-state index contributed by atoms with van der Waals surface area (Å²) in [5, 5.41) is 26.1. The molecule has 3 N–H and O–H groups in total. The molecule has 0 aromatic heterocycles. The van der Waals surface area contributed by atoms with E-state index in [1.165, 1.54) is 32.1 Å². The molecule has 0 radical (unpaired) electrons. The number of carbonyl (C=O) groups excluding carboxylic acids is 1. The summed E-state index contributed by atoms with van der Waals surface area (Å²) >= 11 is 0. The lowest BCUT2D eigenvalue weighted by atomic mass is 9.72. The second-order valence-electron chi connectivity index (χ2n) is 5.35. The third kappa shape index (κ3) is 11.8. The number of amides is 1. The van der Waals surface area contributed by atoms with Gasteiger partial charge in [-0.3, -0.25) is 4.79 Å². The summed E-state index contributed by atoms with van der Waals surface area (Å²) in [6, 6.07) is 0. The van der Waals surface area contributed by atoms with Crippen LogP contribution in [0.4, 0.5) is 0 Å². The van der Waals surface area contributed by atoms with Crippen molar-refractivity contribution in [2.24, 2.45) is 5.41 Å². The first-order chi connectivity index (χ1) is 11.1. The van der Waals surface area contributed by atoms with Crippen LogP contribution in [0.15, 0.2) is 0 Å². The molecule has 23 heavy (non-hydrogen) atoms. The average Bonchev–Trinajstić information content (AvgIpc) is 2.61. The first-order valence-electron chi connectivity index (χ1n) is 8.01. The molecular formula is C15H32N2O6. The van der Waals surface area contributed by atoms with Crippen LogP contribution in [0.5, 0.6) is 0 Å². The van der Waals surface area contributed by atoms with E-state index < -0.39 is 5.09 Å². The lowest BCUT2D eigenvalue weighted by Crippen LogP contribution is -2.38. The van der Waals surface area contributed by atoms with Crippen LogP contribution < -0.4 is 5.32 Å². The molecule has 0 atom stereocenters. The number of hydrogen-bond donors (Lipinski definition) is 3. The quantitative estimate of drug-likeness (QED) is 0.352. The van der Waals surface area contributed by atoms with Gasteiger partial charge < -0.3 is 20.4 Å². The molecule has 1 aliphatic carbocycles. The Morgan fingerprint density at radius 3 is 2.26 bits per heavy atom. The van der Waals surface area contributed by atoms with Gasteiger partial charge >= 0.3 is 0 Å². The fourth-order valence-corrected chi connectivity index (χ4v) is 2.70. The Kier molecular flexibility index (Phi) is 16.1. The number of nitrogens with one attached hydrogen (secondary N) is 1. The molecule has 0 aromatic rings. The Labute approximate surface area is 138 Å². The maximum atomic E-state index is 11.7. The van der Waals surface area contributed by atoms with E-state index in [2.05, 4.69) is 17.1 Å². The molecule has 1 rings (SSSR count). The van der Waals surface area contributed by atoms with Crippen molar-refractivity contribution in [3.8, 4) is 0 Å². The summed E-state index contributed by atoms with van der Waals surface area (Å²) in [4.78, 5) is 25.8. The second kappa shape index (κ2) is 15.5. The highest BCUT2D eigenvalue weighted by molar-refractivity contribution is 5.75. The average molecular weight is 336 g/mol. The Morgan fingerprint density at radius 2 is 1.78 bits per heavy atom. The van der Waals surface area contributed by atoms with Crippen LogP contribution in [0, 0.1) is 15.5 Å². The van der Waals surface area contributed by atoms with Crippen LogP contribution in [0.25, 0.3) is 0 Å². The summed E-state index contributed by atoms with van der Waals surface area (Å²) in [6.45, 7) is 2.90. The number of aliphatic hydroxyl groups excluding tert-OH is 2. The first-order valence-corrected chi connectivity index (χ1v) is 8.01. The standard InChI is InChI=1S/C13H24N2O4.2CH4O/c1-2-13(8-4-3-5-9-13)11-14-12(16)7-6-10-19-15(17)18;2*1-2/h2-11H2,1H3,(H,14,16);2*2H,1H3. The molecule has 8 nitrogen and oxygen atoms in total. The van der Waals surface area contributed by atoms with Crippen molar-refractivity contribution in [2.75, 3.05) is 27.4 Å². The lowest BCUT2D eigenvalue weighted by Gasteiger charge is -2.36. The van der Waals surface area contributed by atoms with Crippen molar-refractivity contribution in [2.45, 2.75) is 58.3 Å². The van der Waals surface area contributed by atoms with Gasteiger partial charge in [-0.2, -0.15) is 0 Å². The normalized spacial score (nSPS) is 15.2. The van der Waals surface area contributed by atoms with E-state index in [1.54, 1.807) is 0 Å². The molecular weight excluding hydrogens is 304 g/mol. The third-order valence-corrected chi connectivity index (χ3v) is 4.07. The van der Waals surface area contributed by atoms with Crippen LogP contribution in [0.3, 0.4) is 0 Å². The Bertz CT molecular complexity index is 306. The molecule has 0 aromatic carbocycles. The molecule has 138 valence electrons. The summed E-state index contributed by atoms with van der Waals surface area (Å²) < 4.78 is 0. The van der Waals surface area contributed by atoms with Crippen LogP contribution in [-0.4, -0.2) is 48.6 Å². The predicted molar refractivity (Wildman–Crippen MR) is 87.3 cm³/mol. The Hall–Kier alpha value is -1.41. The van der Waals surface area contributed by atoms with Gasteiger partial charge in [-0.1, -0.05) is 26.2 Å². The van der Waals surface area contributed by atoms with Crippen LogP contribution in [-0.2, 0) is 9.63 Å². The van der Waals surface area contributed by atoms with Gasteiger partial charge in [0, 0.05) is 27.2 Å². The molecule has 0 unspecified atom stereocenters. The fraction of sp³-hybridized carbons (Fsp3) is 0.933. The van der Waals surface area contributed by atoms with Crippen molar-refractivity contribution >= 4 is 5.91 Å². The Morgan fingerprint density at radius 1 is 1.22 bits per heavy atom. The number of carbonyl (C=O) groups is 1. The van der Waals surface area contributed by atoms with Gasteiger partial charge in [-0.15, -0.1) is 10.1 Å². The summed E-state index contributed by atoms with van der Waals surface area (Å²) in [5.41, 5.74) is 0.269. The van der Waals surface area contributed by atoms with Gasteiger partial charge in [-0.25, -0.2) is 0 Å². The zero-order valence-corrected chi connectivity index (χ0v) is 14.5. The fourth-order valence-electron chi connectivity index (χ4n) is 2.70. The minimum Gasteiger partial charge on any atom is -0.400 e. The van der Waals surface area contributed by atoms with E-state index in [0.717, 1.165) is 27.2 Å². The topological polar surface area (TPSA) is 122 Å². The number of rotatable bonds is 8. The monoisotopic (exact) mass is 336 g/mol. The zero-order valence-electron chi connectivity index (χ0n) is 14.5. The van der Waals surface area contributed by atoms with Gasteiger partial charge in [0.25, 0.3) is 5.09 Å². The highest BCUT2D eigenvalue weighted by Gasteiger charge is 2.30. The number of hydrogen-bond acceptors (Lipinski definition) is 6. The van der Waals surface area contributed by atoms with Crippen LogP contribution in [0.1, 0.15) is 58.3 Å². The SMILES string of the molecule is CCC1(CNC(=O)CCCO[N+](=O)[O-])CCCCC1.CO.CO. The van der Waals surface area contributed by atoms with E-state index in [1.807, 2.05) is 0 Å². The molecule has 1 fully saturated rings. The molecule has 1 amide bonds. The minimum absolute atomic E-state index is 0.0145. The predicted octanol–water partition coefficient (Wildman–Crippen LogP) is 1.67. The molecule has 0 saturated heterocycles. The van der Waals surface area contributed by atoms with Crippen molar-refractivity contribution < 1.29 is 24.9 Å². The van der Waals surface area contributed by atoms with Crippen molar-refractivity contribution in [1.29, 1.82) is 0 Å². The van der Waals surface area contributed by atoms with E-state index in [0.29, 0.717) is 6.42 Å². The molecule has 0 spiro atoms. The Balaban J connectivity index is 0. The summed E-state index contributed by atoms with van der Waals surface area (Å²) in [5.74, 6) is -0.0367. The molecule has 0 heterocycles. The zero-order chi connectivity index (χ0) is 18.1. The van der Waals surface area contributed by atoms with Crippen LogP contribution in [0.2, 0.25) is 0 Å². The highest BCUT2D eigenvalue weighted by Crippen LogP contribution is 2.38. The van der Waals surface area contributed by atoms with E-state index in [9.17, 15) is 14.9 Å².